The second-order valence-electron chi connectivity index (χ2n) is 7.04. The van der Waals surface area contributed by atoms with Gasteiger partial charge in [0.25, 0.3) is 5.91 Å². The fourth-order valence-corrected chi connectivity index (χ4v) is 4.37. The highest BCUT2D eigenvalue weighted by Crippen LogP contribution is 2.37. The van der Waals surface area contributed by atoms with Gasteiger partial charge in [-0.25, -0.2) is 9.37 Å². The second kappa shape index (κ2) is 7.44. The Labute approximate surface area is 172 Å². The normalized spacial score (nSPS) is 16.3. The molecule has 0 unspecified atom stereocenters. The lowest BCUT2D eigenvalue weighted by molar-refractivity contribution is 0.0779. The Hall–Kier alpha value is -3.00. The summed E-state index contributed by atoms with van der Waals surface area (Å²) in [6.07, 6.45) is 1.91. The van der Waals surface area contributed by atoms with Crippen molar-refractivity contribution in [2.75, 3.05) is 12.8 Å². The summed E-state index contributed by atoms with van der Waals surface area (Å²) in [4.78, 5) is 20.1. The number of rotatable bonds is 1. The maximum atomic E-state index is 14.0. The van der Waals surface area contributed by atoms with E-state index in [1.165, 1.54) is 29.7 Å². The highest BCUT2D eigenvalue weighted by atomic mass is 32.1. The number of anilines is 1. The first-order chi connectivity index (χ1) is 13.9. The van der Waals surface area contributed by atoms with Gasteiger partial charge in [0.2, 0.25) is 0 Å². The third-order valence-corrected chi connectivity index (χ3v) is 6.07. The minimum Gasteiger partial charge on any atom is -0.482 e. The summed E-state index contributed by atoms with van der Waals surface area (Å²) in [5, 5.41) is 0. The first kappa shape index (κ1) is 19.3. The summed E-state index contributed by atoms with van der Waals surface area (Å²) in [7, 11) is 1.72. The van der Waals surface area contributed by atoms with E-state index >= 15 is 0 Å². The summed E-state index contributed by atoms with van der Waals surface area (Å²) in [5.41, 5.74) is 9.47. The number of aromatic nitrogens is 2. The molecular formula is C21H21FN4O2S. The maximum Gasteiger partial charge on any atom is 0.254 e. The molecular weight excluding hydrogens is 391 g/mol. The van der Waals surface area contributed by atoms with Gasteiger partial charge >= 0.3 is 0 Å². The van der Waals surface area contributed by atoms with Crippen LogP contribution in [0.5, 0.6) is 5.75 Å². The van der Waals surface area contributed by atoms with E-state index in [-0.39, 0.29) is 11.7 Å². The molecule has 0 fully saturated rings. The van der Waals surface area contributed by atoms with Crippen LogP contribution in [0.1, 0.15) is 46.4 Å². The molecule has 2 aromatic heterocycles. The average molecular weight is 412 g/mol. The smallest absolute Gasteiger partial charge is 0.254 e. The average Bonchev–Trinajstić information content (AvgIpc) is 3.10. The number of hydrogen-bond acceptors (Lipinski definition) is 6. The van der Waals surface area contributed by atoms with Crippen LogP contribution in [0.25, 0.3) is 11.1 Å². The monoisotopic (exact) mass is 412 g/mol. The van der Waals surface area contributed by atoms with Gasteiger partial charge in [-0.1, -0.05) is 6.92 Å². The lowest BCUT2D eigenvalue weighted by Crippen LogP contribution is -2.28. The summed E-state index contributed by atoms with van der Waals surface area (Å²) in [6.45, 7) is 4.16. The third kappa shape index (κ3) is 3.44. The number of nitrogen functional groups attached to an aromatic ring is 1. The molecule has 3 heterocycles. The largest absolute Gasteiger partial charge is 0.482 e. The number of amides is 1. The number of hydrogen-bond donors (Lipinski definition) is 1. The third-order valence-electron chi connectivity index (χ3n) is 5.04. The highest BCUT2D eigenvalue weighted by Gasteiger charge is 2.25. The van der Waals surface area contributed by atoms with Crippen molar-refractivity contribution in [3.05, 3.63) is 58.0 Å². The second-order valence-corrected chi connectivity index (χ2v) is 7.90. The van der Waals surface area contributed by atoms with Crippen LogP contribution in [-0.2, 0) is 13.0 Å². The minimum absolute atomic E-state index is 0.220. The molecule has 1 aliphatic heterocycles. The molecule has 0 saturated heterocycles. The van der Waals surface area contributed by atoms with Crippen molar-refractivity contribution in [2.24, 2.45) is 0 Å². The van der Waals surface area contributed by atoms with Crippen LogP contribution in [0.2, 0.25) is 0 Å². The van der Waals surface area contributed by atoms with E-state index in [4.69, 9.17) is 10.5 Å². The van der Waals surface area contributed by atoms with Crippen LogP contribution in [0, 0.1) is 5.82 Å². The Morgan fingerprint density at radius 1 is 1.38 bits per heavy atom. The molecule has 8 heteroatoms. The van der Waals surface area contributed by atoms with Crippen LogP contribution in [0.3, 0.4) is 0 Å². The van der Waals surface area contributed by atoms with Crippen molar-refractivity contribution in [2.45, 2.75) is 32.9 Å². The van der Waals surface area contributed by atoms with Crippen molar-refractivity contribution in [1.29, 1.82) is 0 Å². The standard InChI is InChI=1S/C21H21FN4O2S/c1-4-18-19-12-7-17(20(23)24-9-12)28-11(2)15-8-13(22)5-6-14(15)21(27)26(3)10-16(19)25-29-18/h5-9,11H,4,10H2,1-3H3,(H2,23,24)/t11-/m1/s1. The fraction of sp³-hybridized carbons (Fsp3) is 0.286. The van der Waals surface area contributed by atoms with E-state index in [0.717, 1.165) is 28.1 Å². The number of halogens is 1. The molecule has 0 aliphatic carbocycles. The lowest BCUT2D eigenvalue weighted by Gasteiger charge is -2.24. The van der Waals surface area contributed by atoms with Gasteiger partial charge in [0.15, 0.2) is 11.6 Å². The predicted molar refractivity (Wildman–Crippen MR) is 110 cm³/mol. The first-order valence-corrected chi connectivity index (χ1v) is 10.1. The molecule has 6 nitrogen and oxygen atoms in total. The maximum absolute atomic E-state index is 14.0. The SMILES string of the molecule is CCc1snc2c1-c1cnc(N)c(c1)O[C@H](C)c1cc(F)ccc1C(=O)N(C)C2. The molecule has 0 radical (unpaired) electrons. The van der Waals surface area contributed by atoms with Crippen LogP contribution >= 0.6 is 11.5 Å². The van der Waals surface area contributed by atoms with Crippen molar-refractivity contribution in [1.82, 2.24) is 14.3 Å². The number of pyridine rings is 1. The van der Waals surface area contributed by atoms with Crippen LogP contribution in [0.4, 0.5) is 10.2 Å². The number of ether oxygens (including phenoxy) is 1. The molecule has 0 spiro atoms. The summed E-state index contributed by atoms with van der Waals surface area (Å²) < 4.78 is 24.6. The molecule has 3 aromatic rings. The van der Waals surface area contributed by atoms with Gasteiger partial charge in [-0.05, 0) is 49.1 Å². The van der Waals surface area contributed by atoms with E-state index in [1.807, 2.05) is 6.07 Å². The molecule has 2 bridgehead atoms. The van der Waals surface area contributed by atoms with Crippen LogP contribution in [0.15, 0.2) is 30.5 Å². The number of nitrogens with zero attached hydrogens (tertiary/aromatic N) is 3. The van der Waals surface area contributed by atoms with Crippen molar-refractivity contribution in [3.63, 3.8) is 0 Å². The van der Waals surface area contributed by atoms with E-state index in [9.17, 15) is 9.18 Å². The van der Waals surface area contributed by atoms with Gasteiger partial charge in [0.1, 0.15) is 11.9 Å². The zero-order valence-electron chi connectivity index (χ0n) is 16.4. The molecule has 4 rings (SSSR count). The Balaban J connectivity index is 1.94. The van der Waals surface area contributed by atoms with Gasteiger partial charge in [-0.15, -0.1) is 0 Å². The Kier molecular flexibility index (Phi) is 4.96. The number of benzene rings is 1. The Bertz CT molecular complexity index is 1100. The summed E-state index contributed by atoms with van der Waals surface area (Å²) >= 11 is 1.42. The Morgan fingerprint density at radius 3 is 2.93 bits per heavy atom. The molecule has 1 amide bonds. The number of carbonyl (C=O) groups is 1. The molecule has 1 aliphatic rings. The fourth-order valence-electron chi connectivity index (χ4n) is 3.55. The molecule has 2 N–H and O–H groups in total. The molecule has 1 atom stereocenters. The van der Waals surface area contributed by atoms with Gasteiger partial charge in [-0.3, -0.25) is 4.79 Å². The highest BCUT2D eigenvalue weighted by molar-refractivity contribution is 7.06. The minimum atomic E-state index is -0.595. The molecule has 1 aromatic carbocycles. The van der Waals surface area contributed by atoms with Crippen molar-refractivity contribution in [3.8, 4) is 16.9 Å². The topological polar surface area (TPSA) is 81.3 Å². The van der Waals surface area contributed by atoms with Gasteiger partial charge in [0.05, 0.1) is 12.2 Å². The zero-order chi connectivity index (χ0) is 20.7. The molecule has 150 valence electrons. The van der Waals surface area contributed by atoms with Gasteiger partial charge in [0, 0.05) is 40.4 Å². The number of nitrogens with two attached hydrogens (primary N) is 1. The van der Waals surface area contributed by atoms with E-state index < -0.39 is 11.9 Å². The van der Waals surface area contributed by atoms with E-state index in [2.05, 4.69) is 16.3 Å². The van der Waals surface area contributed by atoms with Crippen molar-refractivity contribution < 1.29 is 13.9 Å². The number of carbonyl (C=O) groups excluding carboxylic acids is 1. The molecule has 0 saturated carbocycles. The number of aryl methyl sites for hydroxylation is 1. The van der Waals surface area contributed by atoms with Crippen molar-refractivity contribution >= 4 is 23.3 Å². The molecule has 29 heavy (non-hydrogen) atoms. The zero-order valence-corrected chi connectivity index (χ0v) is 17.2. The van der Waals surface area contributed by atoms with Crippen LogP contribution in [-0.4, -0.2) is 27.2 Å². The Morgan fingerprint density at radius 2 is 2.17 bits per heavy atom. The quantitative estimate of drug-likeness (QED) is 0.647. The van der Waals surface area contributed by atoms with E-state index in [1.54, 1.807) is 25.1 Å². The predicted octanol–water partition coefficient (Wildman–Crippen LogP) is 4.21. The van der Waals surface area contributed by atoms with Gasteiger partial charge in [-0.2, -0.15) is 4.37 Å². The lowest BCUT2D eigenvalue weighted by atomic mass is 10.00. The van der Waals surface area contributed by atoms with Gasteiger partial charge < -0.3 is 15.4 Å². The number of fused-ring (bicyclic) bond motifs is 5. The summed E-state index contributed by atoms with van der Waals surface area (Å²) in [6, 6.07) is 5.94. The van der Waals surface area contributed by atoms with Crippen LogP contribution < -0.4 is 10.5 Å². The summed E-state index contributed by atoms with van der Waals surface area (Å²) in [5.74, 6) is -0.0219. The first-order valence-electron chi connectivity index (χ1n) is 9.34. The van der Waals surface area contributed by atoms with E-state index in [0.29, 0.717) is 23.4 Å².